The molecule has 1 aromatic carbocycles. The fraction of sp³-hybridized carbons (Fsp3) is 0.444. The number of hydrogen-bond acceptors (Lipinski definition) is 3. The van der Waals surface area contributed by atoms with Crippen LogP contribution in [-0.4, -0.2) is 28.8 Å². The maximum absolute atomic E-state index is 12.5. The lowest BCUT2D eigenvalue weighted by molar-refractivity contribution is -0.126. The molecule has 0 spiro atoms. The minimum atomic E-state index is -0.0922. The monoisotopic (exact) mass is 311 g/mol. The number of rotatable bonds is 5. The van der Waals surface area contributed by atoms with E-state index < -0.39 is 0 Å². The Morgan fingerprint density at radius 3 is 3.00 bits per heavy atom. The third-order valence-electron chi connectivity index (χ3n) is 4.90. The lowest BCUT2D eigenvalue weighted by atomic mass is 9.95. The maximum atomic E-state index is 12.5. The highest BCUT2D eigenvalue weighted by molar-refractivity contribution is 5.79. The van der Waals surface area contributed by atoms with E-state index in [4.69, 9.17) is 4.74 Å². The summed E-state index contributed by atoms with van der Waals surface area (Å²) in [5.41, 5.74) is 1.31. The molecule has 23 heavy (non-hydrogen) atoms. The SMILES string of the molecule is O=C(NCC1(Cn2cccn2)CC1)C1COc2ccccc2C1. The number of nitrogens with one attached hydrogen (secondary N) is 1. The molecule has 1 N–H and O–H groups in total. The van der Waals surface area contributed by atoms with Gasteiger partial charge in [0, 0.05) is 30.9 Å². The minimum Gasteiger partial charge on any atom is -0.492 e. The molecule has 1 aliphatic carbocycles. The van der Waals surface area contributed by atoms with Crippen LogP contribution in [0.3, 0.4) is 0 Å². The Kier molecular flexibility index (Phi) is 3.56. The molecule has 120 valence electrons. The van der Waals surface area contributed by atoms with Gasteiger partial charge in [-0.15, -0.1) is 0 Å². The van der Waals surface area contributed by atoms with Crippen LogP contribution in [0.2, 0.25) is 0 Å². The fourth-order valence-corrected chi connectivity index (χ4v) is 3.22. The molecule has 2 aromatic rings. The average Bonchev–Trinajstić information content (AvgIpc) is 3.15. The van der Waals surface area contributed by atoms with Crippen molar-refractivity contribution in [1.29, 1.82) is 0 Å². The van der Waals surface area contributed by atoms with Crippen molar-refractivity contribution in [3.05, 3.63) is 48.3 Å². The highest BCUT2D eigenvalue weighted by Crippen LogP contribution is 2.46. The van der Waals surface area contributed by atoms with E-state index in [0.29, 0.717) is 6.61 Å². The molecule has 0 radical (unpaired) electrons. The van der Waals surface area contributed by atoms with E-state index in [1.807, 2.05) is 41.2 Å². The van der Waals surface area contributed by atoms with Crippen molar-refractivity contribution in [2.75, 3.05) is 13.2 Å². The first kappa shape index (κ1) is 14.3. The van der Waals surface area contributed by atoms with Gasteiger partial charge in [-0.25, -0.2) is 0 Å². The Morgan fingerprint density at radius 1 is 1.35 bits per heavy atom. The van der Waals surface area contributed by atoms with Crippen LogP contribution >= 0.6 is 0 Å². The highest BCUT2D eigenvalue weighted by atomic mass is 16.5. The standard InChI is InChI=1S/C18H21N3O2/c22-17(15-10-14-4-1-2-5-16(14)23-11-15)19-12-18(6-7-18)13-21-9-3-8-20-21/h1-5,8-9,15H,6-7,10-13H2,(H,19,22). The molecule has 1 aromatic heterocycles. The van der Waals surface area contributed by atoms with Gasteiger partial charge in [0.2, 0.25) is 5.91 Å². The molecule has 1 aliphatic heterocycles. The van der Waals surface area contributed by atoms with E-state index in [0.717, 1.165) is 43.7 Å². The number of ether oxygens (including phenoxy) is 1. The number of fused-ring (bicyclic) bond motifs is 1. The lowest BCUT2D eigenvalue weighted by Gasteiger charge is -2.25. The first-order valence-electron chi connectivity index (χ1n) is 8.20. The quantitative estimate of drug-likeness (QED) is 0.919. The van der Waals surface area contributed by atoms with Gasteiger partial charge in [0.1, 0.15) is 12.4 Å². The molecule has 0 saturated heterocycles. The maximum Gasteiger partial charge on any atom is 0.226 e. The second kappa shape index (κ2) is 5.72. The Balaban J connectivity index is 1.33. The van der Waals surface area contributed by atoms with Gasteiger partial charge in [-0.05, 0) is 37.0 Å². The first-order chi connectivity index (χ1) is 11.2. The molecule has 5 heteroatoms. The van der Waals surface area contributed by atoms with Crippen molar-refractivity contribution in [2.24, 2.45) is 11.3 Å². The molecular weight excluding hydrogens is 290 g/mol. The lowest BCUT2D eigenvalue weighted by Crippen LogP contribution is -2.40. The summed E-state index contributed by atoms with van der Waals surface area (Å²) in [5, 5.41) is 7.41. The Hall–Kier alpha value is -2.30. The number of amides is 1. The summed E-state index contributed by atoms with van der Waals surface area (Å²) in [5.74, 6) is 0.922. The molecule has 1 amide bonds. The van der Waals surface area contributed by atoms with Gasteiger partial charge in [0.05, 0.1) is 5.92 Å². The zero-order valence-electron chi connectivity index (χ0n) is 13.1. The predicted octanol–water partition coefficient (Wildman–Crippen LogP) is 2.03. The topological polar surface area (TPSA) is 56.2 Å². The summed E-state index contributed by atoms with van der Waals surface area (Å²) in [7, 11) is 0. The van der Waals surface area contributed by atoms with Gasteiger partial charge in [-0.1, -0.05) is 18.2 Å². The molecule has 4 rings (SSSR count). The Morgan fingerprint density at radius 2 is 2.22 bits per heavy atom. The number of aromatic nitrogens is 2. The molecule has 1 unspecified atom stereocenters. The van der Waals surface area contributed by atoms with Crippen LogP contribution in [0.1, 0.15) is 18.4 Å². The molecule has 0 bridgehead atoms. The first-order valence-corrected chi connectivity index (χ1v) is 8.20. The number of nitrogens with zero attached hydrogens (tertiary/aromatic N) is 2. The summed E-state index contributed by atoms with van der Waals surface area (Å²) in [6.45, 7) is 2.07. The van der Waals surface area contributed by atoms with Crippen molar-refractivity contribution < 1.29 is 9.53 Å². The van der Waals surface area contributed by atoms with Crippen LogP contribution in [0.25, 0.3) is 0 Å². The number of para-hydroxylation sites is 1. The molecule has 1 atom stereocenters. The van der Waals surface area contributed by atoms with Crippen LogP contribution in [0.4, 0.5) is 0 Å². The number of benzene rings is 1. The van der Waals surface area contributed by atoms with Crippen LogP contribution in [0.5, 0.6) is 5.75 Å². The van der Waals surface area contributed by atoms with E-state index in [1.54, 1.807) is 6.20 Å². The van der Waals surface area contributed by atoms with Crippen LogP contribution in [0, 0.1) is 11.3 Å². The van der Waals surface area contributed by atoms with Crippen molar-refractivity contribution in [3.8, 4) is 5.75 Å². The highest BCUT2D eigenvalue weighted by Gasteiger charge is 2.43. The zero-order chi connectivity index (χ0) is 15.7. The fourth-order valence-electron chi connectivity index (χ4n) is 3.22. The second-order valence-corrected chi connectivity index (χ2v) is 6.74. The van der Waals surface area contributed by atoms with Gasteiger partial charge in [0.25, 0.3) is 0 Å². The van der Waals surface area contributed by atoms with E-state index in [2.05, 4.69) is 10.4 Å². The Bertz CT molecular complexity index is 692. The van der Waals surface area contributed by atoms with Crippen LogP contribution < -0.4 is 10.1 Å². The van der Waals surface area contributed by atoms with E-state index >= 15 is 0 Å². The van der Waals surface area contributed by atoms with Crippen molar-refractivity contribution >= 4 is 5.91 Å². The summed E-state index contributed by atoms with van der Waals surface area (Å²) in [6, 6.07) is 9.89. The smallest absolute Gasteiger partial charge is 0.226 e. The largest absolute Gasteiger partial charge is 0.492 e. The summed E-state index contributed by atoms with van der Waals surface area (Å²) in [4.78, 5) is 12.5. The molecular formula is C18H21N3O2. The Labute approximate surface area is 135 Å². The number of hydrogen-bond donors (Lipinski definition) is 1. The van der Waals surface area contributed by atoms with E-state index in [9.17, 15) is 4.79 Å². The van der Waals surface area contributed by atoms with Crippen molar-refractivity contribution in [2.45, 2.75) is 25.8 Å². The summed E-state index contributed by atoms with van der Waals surface area (Å²) in [6.07, 6.45) is 6.84. The van der Waals surface area contributed by atoms with Crippen LogP contribution in [-0.2, 0) is 17.8 Å². The predicted molar refractivity (Wildman–Crippen MR) is 86.0 cm³/mol. The molecule has 2 aliphatic rings. The van der Waals surface area contributed by atoms with Gasteiger partial charge in [-0.2, -0.15) is 5.10 Å². The van der Waals surface area contributed by atoms with Crippen molar-refractivity contribution in [1.82, 2.24) is 15.1 Å². The zero-order valence-corrected chi connectivity index (χ0v) is 13.1. The van der Waals surface area contributed by atoms with E-state index in [-0.39, 0.29) is 17.2 Å². The van der Waals surface area contributed by atoms with Gasteiger partial charge in [-0.3, -0.25) is 9.48 Å². The summed E-state index contributed by atoms with van der Waals surface area (Å²) < 4.78 is 7.67. The summed E-state index contributed by atoms with van der Waals surface area (Å²) >= 11 is 0. The molecule has 5 nitrogen and oxygen atoms in total. The van der Waals surface area contributed by atoms with Gasteiger partial charge >= 0.3 is 0 Å². The average molecular weight is 311 g/mol. The van der Waals surface area contributed by atoms with Crippen LogP contribution in [0.15, 0.2) is 42.7 Å². The molecule has 1 saturated carbocycles. The molecule has 1 fully saturated rings. The third-order valence-corrected chi connectivity index (χ3v) is 4.90. The second-order valence-electron chi connectivity index (χ2n) is 6.74. The number of carbonyl (C=O) groups excluding carboxylic acids is 1. The van der Waals surface area contributed by atoms with E-state index in [1.165, 1.54) is 0 Å². The normalized spacial score (nSPS) is 21.1. The number of carbonyl (C=O) groups is 1. The minimum absolute atomic E-state index is 0.0922. The van der Waals surface area contributed by atoms with Gasteiger partial charge < -0.3 is 10.1 Å². The molecule has 2 heterocycles. The third kappa shape index (κ3) is 3.09. The van der Waals surface area contributed by atoms with Crippen molar-refractivity contribution in [3.63, 3.8) is 0 Å². The van der Waals surface area contributed by atoms with Gasteiger partial charge in [0.15, 0.2) is 0 Å².